The monoisotopic (exact) mass is 299 g/mol. The van der Waals surface area contributed by atoms with Crippen molar-refractivity contribution < 1.29 is 70.9 Å². The molecule has 0 spiro atoms. The van der Waals surface area contributed by atoms with Crippen molar-refractivity contribution in [2.45, 2.75) is 25.7 Å². The van der Waals surface area contributed by atoms with Crippen molar-refractivity contribution >= 4 is 17.8 Å². The zero-order valence-corrected chi connectivity index (χ0v) is 14.5. The van der Waals surface area contributed by atoms with E-state index in [1.807, 2.05) is 0 Å². The van der Waals surface area contributed by atoms with Gasteiger partial charge >= 0.3 is 51.4 Å². The summed E-state index contributed by atoms with van der Waals surface area (Å²) in [6, 6.07) is 6.75. The van der Waals surface area contributed by atoms with Gasteiger partial charge < -0.3 is 9.90 Å². The van der Waals surface area contributed by atoms with Gasteiger partial charge in [0, 0.05) is 12.5 Å². The molecule has 0 atom stereocenters. The first-order valence-corrected chi connectivity index (χ1v) is 6.26. The number of amides is 2. The third-order valence-electron chi connectivity index (χ3n) is 3.14. The third kappa shape index (κ3) is 3.99. The predicted molar refractivity (Wildman–Crippen MR) is 65.3 cm³/mol. The number of unbranched alkanes of at least 4 members (excludes halogenated alkanes) is 2. The number of carbonyl (C=O) groups excluding carboxylic acids is 3. The second-order valence-corrected chi connectivity index (χ2v) is 4.49. The molecule has 2 rings (SSSR count). The molecule has 1 aliphatic rings. The van der Waals surface area contributed by atoms with Gasteiger partial charge in [0.2, 0.25) is 0 Å². The molecule has 1 aromatic carbocycles. The summed E-state index contributed by atoms with van der Waals surface area (Å²) in [5, 5.41) is 10.2. The minimum Gasteiger partial charge on any atom is -0.550 e. The van der Waals surface area contributed by atoms with Crippen molar-refractivity contribution in [1.82, 2.24) is 4.90 Å². The average molecular weight is 299 g/mol. The van der Waals surface area contributed by atoms with Crippen LogP contribution in [0.15, 0.2) is 24.3 Å². The van der Waals surface area contributed by atoms with Crippen molar-refractivity contribution in [3.05, 3.63) is 35.4 Å². The Morgan fingerprint density at radius 3 is 2.05 bits per heavy atom. The van der Waals surface area contributed by atoms with Crippen LogP contribution in [0.25, 0.3) is 0 Å². The molecule has 0 aliphatic carbocycles. The summed E-state index contributed by atoms with van der Waals surface area (Å²) >= 11 is 0. The van der Waals surface area contributed by atoms with Crippen LogP contribution in [0.1, 0.15) is 46.4 Å². The standard InChI is InChI=1S/C14H15NO4.K/c16-12(17)8-2-1-5-9-15-13(18)10-6-3-4-7-11(10)14(15)19;/h3-4,6-7H,1-2,5,8-9H2,(H,16,17);/q;+1/p-1. The topological polar surface area (TPSA) is 77.5 Å². The number of carbonyl (C=O) groups is 3. The molecule has 0 bridgehead atoms. The molecule has 0 radical (unpaired) electrons. The zero-order chi connectivity index (χ0) is 13.8. The molecular formula is C14H14KNO4. The van der Waals surface area contributed by atoms with Gasteiger partial charge in [-0.2, -0.15) is 0 Å². The van der Waals surface area contributed by atoms with Crippen LogP contribution in [0.5, 0.6) is 0 Å². The molecule has 5 nitrogen and oxygen atoms in total. The number of aliphatic carboxylic acids is 1. The summed E-state index contributed by atoms with van der Waals surface area (Å²) in [4.78, 5) is 35.4. The summed E-state index contributed by atoms with van der Waals surface area (Å²) in [5.74, 6) is -1.60. The first-order chi connectivity index (χ1) is 9.11. The molecule has 1 heterocycles. The number of rotatable bonds is 6. The zero-order valence-electron chi connectivity index (χ0n) is 11.4. The van der Waals surface area contributed by atoms with Gasteiger partial charge in [0.1, 0.15) is 0 Å². The van der Waals surface area contributed by atoms with Crippen LogP contribution >= 0.6 is 0 Å². The van der Waals surface area contributed by atoms with Crippen molar-refractivity contribution in [2.75, 3.05) is 6.54 Å². The van der Waals surface area contributed by atoms with E-state index in [1.165, 1.54) is 4.90 Å². The van der Waals surface area contributed by atoms with Gasteiger partial charge in [0.25, 0.3) is 11.8 Å². The third-order valence-corrected chi connectivity index (χ3v) is 3.14. The molecular weight excluding hydrogens is 285 g/mol. The van der Waals surface area contributed by atoms with Crippen molar-refractivity contribution in [1.29, 1.82) is 0 Å². The summed E-state index contributed by atoms with van der Waals surface area (Å²) in [6.45, 7) is 0.333. The van der Waals surface area contributed by atoms with Crippen molar-refractivity contribution in [2.24, 2.45) is 0 Å². The van der Waals surface area contributed by atoms with Gasteiger partial charge in [-0.1, -0.05) is 18.6 Å². The Morgan fingerprint density at radius 1 is 1.00 bits per heavy atom. The molecule has 0 saturated carbocycles. The Labute approximate surface area is 159 Å². The number of imide groups is 1. The van der Waals surface area contributed by atoms with Crippen LogP contribution in [-0.4, -0.2) is 29.2 Å². The van der Waals surface area contributed by atoms with Gasteiger partial charge in [-0.25, -0.2) is 0 Å². The normalized spacial score (nSPS) is 13.1. The molecule has 1 aromatic rings. The summed E-state index contributed by atoms with van der Waals surface area (Å²) in [6.07, 6.45) is 1.79. The van der Waals surface area contributed by atoms with E-state index < -0.39 is 5.97 Å². The van der Waals surface area contributed by atoms with E-state index in [-0.39, 0.29) is 69.6 Å². The van der Waals surface area contributed by atoms with Gasteiger partial charge in [-0.3, -0.25) is 14.5 Å². The van der Waals surface area contributed by atoms with E-state index in [1.54, 1.807) is 24.3 Å². The van der Waals surface area contributed by atoms with Crippen LogP contribution in [0, 0.1) is 0 Å². The van der Waals surface area contributed by atoms with Crippen LogP contribution in [0.3, 0.4) is 0 Å². The van der Waals surface area contributed by atoms with E-state index in [0.29, 0.717) is 36.9 Å². The maximum Gasteiger partial charge on any atom is 1.00 e. The predicted octanol–water partition coefficient (Wildman–Crippen LogP) is -2.40. The van der Waals surface area contributed by atoms with E-state index in [9.17, 15) is 19.5 Å². The van der Waals surface area contributed by atoms with Gasteiger partial charge in [0.05, 0.1) is 11.1 Å². The first-order valence-electron chi connectivity index (χ1n) is 6.26. The fourth-order valence-electron chi connectivity index (χ4n) is 2.16. The molecule has 0 fully saturated rings. The second kappa shape index (κ2) is 8.04. The SMILES string of the molecule is O=C([O-])CCCCCN1C(=O)c2ccccc2C1=O.[K+]. The minimum absolute atomic E-state index is 0. The molecule has 6 heteroatoms. The quantitative estimate of drug-likeness (QED) is 0.333. The van der Waals surface area contributed by atoms with E-state index >= 15 is 0 Å². The smallest absolute Gasteiger partial charge is 0.550 e. The van der Waals surface area contributed by atoms with E-state index in [2.05, 4.69) is 0 Å². The number of hydrogen-bond acceptors (Lipinski definition) is 4. The largest absolute Gasteiger partial charge is 1.00 e. The van der Waals surface area contributed by atoms with Gasteiger partial charge in [-0.15, -0.1) is 0 Å². The molecule has 0 N–H and O–H groups in total. The summed E-state index contributed by atoms with van der Waals surface area (Å²) in [7, 11) is 0. The fourth-order valence-corrected chi connectivity index (χ4v) is 2.16. The van der Waals surface area contributed by atoms with Crippen LogP contribution in [-0.2, 0) is 4.79 Å². The Kier molecular flexibility index (Phi) is 7.04. The fraction of sp³-hybridized carbons (Fsp3) is 0.357. The van der Waals surface area contributed by atoms with Crippen LogP contribution in [0.2, 0.25) is 0 Å². The van der Waals surface area contributed by atoms with E-state index in [4.69, 9.17) is 0 Å². The molecule has 0 unspecified atom stereocenters. The molecule has 1 aliphatic heterocycles. The number of nitrogens with zero attached hydrogens (tertiary/aromatic N) is 1. The van der Waals surface area contributed by atoms with E-state index in [0.717, 1.165) is 0 Å². The van der Waals surface area contributed by atoms with Gasteiger partial charge in [-0.05, 0) is 31.4 Å². The Bertz CT molecular complexity index is 495. The Morgan fingerprint density at radius 2 is 1.55 bits per heavy atom. The first kappa shape index (κ1) is 17.5. The number of benzene rings is 1. The number of hydrogen-bond donors (Lipinski definition) is 0. The molecule has 100 valence electrons. The molecule has 2 amide bonds. The Hall–Kier alpha value is -0.534. The average Bonchev–Trinajstić information content (AvgIpc) is 2.63. The summed E-state index contributed by atoms with van der Waals surface area (Å²) < 4.78 is 0. The summed E-state index contributed by atoms with van der Waals surface area (Å²) in [5.41, 5.74) is 0.893. The van der Waals surface area contributed by atoms with Gasteiger partial charge in [0.15, 0.2) is 0 Å². The van der Waals surface area contributed by atoms with Crippen molar-refractivity contribution in [3.8, 4) is 0 Å². The second-order valence-electron chi connectivity index (χ2n) is 4.49. The van der Waals surface area contributed by atoms with Crippen LogP contribution < -0.4 is 56.5 Å². The van der Waals surface area contributed by atoms with Crippen LogP contribution in [0.4, 0.5) is 0 Å². The number of fused-ring (bicyclic) bond motifs is 1. The Balaban J connectivity index is 0.00000200. The molecule has 0 saturated heterocycles. The van der Waals surface area contributed by atoms with Crippen molar-refractivity contribution in [3.63, 3.8) is 0 Å². The number of carboxylic acids is 1. The molecule has 0 aromatic heterocycles. The minimum atomic E-state index is -1.07. The number of carboxylic acid groups (broad SMARTS) is 1. The molecule has 20 heavy (non-hydrogen) atoms. The maximum atomic E-state index is 12.0. The maximum absolute atomic E-state index is 12.0.